The summed E-state index contributed by atoms with van der Waals surface area (Å²) in [6.07, 6.45) is 3.89. The summed E-state index contributed by atoms with van der Waals surface area (Å²) in [6.45, 7) is 2.10. The summed E-state index contributed by atoms with van der Waals surface area (Å²) in [4.78, 5) is 4.42. The molecule has 1 aromatic rings. The highest BCUT2D eigenvalue weighted by molar-refractivity contribution is 6.45. The van der Waals surface area contributed by atoms with E-state index in [1.54, 1.807) is 0 Å². The summed E-state index contributed by atoms with van der Waals surface area (Å²) in [6, 6.07) is 8.61. The van der Waals surface area contributed by atoms with Crippen LogP contribution in [0.5, 0.6) is 0 Å². The first kappa shape index (κ1) is 8.30. The van der Waals surface area contributed by atoms with Gasteiger partial charge in [0.2, 0.25) is 0 Å². The molecule has 0 saturated heterocycles. The molecule has 1 aliphatic rings. The quantitative estimate of drug-likeness (QED) is 0.570. The molecular formula is C11H12BN. The lowest BCUT2D eigenvalue weighted by atomic mass is 9.66. The van der Waals surface area contributed by atoms with Crippen LogP contribution in [0.1, 0.15) is 17.1 Å². The first-order valence-electron chi connectivity index (χ1n) is 4.61. The monoisotopic (exact) mass is 169 g/mol. The summed E-state index contributed by atoms with van der Waals surface area (Å²) in [5.41, 5.74) is 2.62. The first-order valence-corrected chi connectivity index (χ1v) is 4.61. The minimum Gasteiger partial charge on any atom is -0.294 e. The van der Waals surface area contributed by atoms with Crippen LogP contribution in [0.15, 0.2) is 41.3 Å². The number of allylic oxidation sites excluding steroid dienone is 1. The molecule has 1 aromatic carbocycles. The van der Waals surface area contributed by atoms with E-state index in [1.807, 2.05) is 12.3 Å². The van der Waals surface area contributed by atoms with Crippen molar-refractivity contribution >= 4 is 13.5 Å². The topological polar surface area (TPSA) is 12.4 Å². The lowest BCUT2D eigenvalue weighted by molar-refractivity contribution is 1.01. The Morgan fingerprint density at radius 2 is 2.00 bits per heavy atom. The Morgan fingerprint density at radius 3 is 2.62 bits per heavy atom. The lowest BCUT2D eigenvalue weighted by Gasteiger charge is -2.11. The Morgan fingerprint density at radius 1 is 1.23 bits per heavy atom. The molecule has 1 nitrogen and oxygen atoms in total. The van der Waals surface area contributed by atoms with Gasteiger partial charge >= 0.3 is 0 Å². The second-order valence-corrected chi connectivity index (χ2v) is 3.39. The Hall–Kier alpha value is -1.31. The van der Waals surface area contributed by atoms with Crippen molar-refractivity contribution in [3.05, 3.63) is 47.4 Å². The molecular weight excluding hydrogens is 157 g/mol. The Kier molecular flexibility index (Phi) is 2.30. The standard InChI is InChI=1S/C11H12BN/c1-9-3-5-10(6-4-9)11-12-7-2-8-13-11/h2-8,11-12H,1H3. The molecule has 0 fully saturated rings. The minimum absolute atomic E-state index is 0.339. The molecule has 0 N–H and O–H groups in total. The van der Waals surface area contributed by atoms with Crippen molar-refractivity contribution in [1.29, 1.82) is 0 Å². The highest BCUT2D eigenvalue weighted by atomic mass is 14.7. The van der Waals surface area contributed by atoms with Gasteiger partial charge in [-0.3, -0.25) is 4.99 Å². The summed E-state index contributed by atoms with van der Waals surface area (Å²) >= 11 is 0. The van der Waals surface area contributed by atoms with Gasteiger partial charge in [0, 0.05) is 6.21 Å². The normalized spacial score (nSPS) is 19.9. The van der Waals surface area contributed by atoms with Crippen molar-refractivity contribution in [1.82, 2.24) is 0 Å². The van der Waals surface area contributed by atoms with Crippen LogP contribution in [0.3, 0.4) is 0 Å². The van der Waals surface area contributed by atoms with E-state index < -0.39 is 0 Å². The maximum Gasteiger partial charge on any atom is 0.183 e. The van der Waals surface area contributed by atoms with Crippen LogP contribution < -0.4 is 0 Å². The molecule has 64 valence electrons. The molecule has 2 rings (SSSR count). The van der Waals surface area contributed by atoms with Crippen LogP contribution in [0.25, 0.3) is 0 Å². The highest BCUT2D eigenvalue weighted by Gasteiger charge is 2.09. The smallest absolute Gasteiger partial charge is 0.183 e. The SMILES string of the molecule is Cc1ccc(C2BC=CC=N2)cc1. The molecule has 0 bridgehead atoms. The Bertz CT molecular complexity index is 338. The highest BCUT2D eigenvalue weighted by Crippen LogP contribution is 2.17. The average molecular weight is 169 g/mol. The van der Waals surface area contributed by atoms with E-state index in [0.717, 1.165) is 7.28 Å². The molecule has 13 heavy (non-hydrogen) atoms. The van der Waals surface area contributed by atoms with Gasteiger partial charge in [-0.25, -0.2) is 0 Å². The zero-order chi connectivity index (χ0) is 9.10. The largest absolute Gasteiger partial charge is 0.294 e. The number of aryl methyl sites for hydroxylation is 1. The fourth-order valence-electron chi connectivity index (χ4n) is 1.49. The number of aliphatic imine (C=N–C) groups is 1. The number of nitrogens with zero attached hydrogens (tertiary/aromatic N) is 1. The molecule has 1 atom stereocenters. The van der Waals surface area contributed by atoms with Crippen LogP contribution in [-0.4, -0.2) is 13.5 Å². The molecule has 0 amide bonds. The number of benzene rings is 1. The van der Waals surface area contributed by atoms with Gasteiger partial charge in [-0.15, -0.1) is 5.98 Å². The Labute approximate surface area is 79.4 Å². The molecule has 0 saturated carbocycles. The predicted molar refractivity (Wildman–Crippen MR) is 58.7 cm³/mol. The van der Waals surface area contributed by atoms with Gasteiger partial charge in [-0.1, -0.05) is 35.9 Å². The molecule has 1 aliphatic heterocycles. The van der Waals surface area contributed by atoms with E-state index in [1.165, 1.54) is 11.1 Å². The van der Waals surface area contributed by atoms with E-state index in [0.29, 0.717) is 5.94 Å². The van der Waals surface area contributed by atoms with Crippen molar-refractivity contribution in [3.63, 3.8) is 0 Å². The summed E-state index contributed by atoms with van der Waals surface area (Å²) in [5.74, 6) is 2.50. The van der Waals surface area contributed by atoms with Crippen molar-refractivity contribution in [3.8, 4) is 0 Å². The van der Waals surface area contributed by atoms with E-state index >= 15 is 0 Å². The van der Waals surface area contributed by atoms with Crippen LogP contribution in [0.2, 0.25) is 0 Å². The summed E-state index contributed by atoms with van der Waals surface area (Å²) < 4.78 is 0. The maximum atomic E-state index is 4.42. The van der Waals surface area contributed by atoms with E-state index in [2.05, 4.69) is 42.2 Å². The minimum atomic E-state index is 0.339. The summed E-state index contributed by atoms with van der Waals surface area (Å²) in [5, 5.41) is 0. The lowest BCUT2D eigenvalue weighted by Crippen LogP contribution is -2.06. The van der Waals surface area contributed by atoms with Gasteiger partial charge in [0.25, 0.3) is 0 Å². The van der Waals surface area contributed by atoms with E-state index in [4.69, 9.17) is 0 Å². The maximum absolute atomic E-state index is 4.42. The molecule has 0 radical (unpaired) electrons. The van der Waals surface area contributed by atoms with Crippen molar-refractivity contribution < 1.29 is 0 Å². The molecule has 2 heteroatoms. The van der Waals surface area contributed by atoms with Crippen molar-refractivity contribution in [2.45, 2.75) is 12.9 Å². The van der Waals surface area contributed by atoms with E-state index in [9.17, 15) is 0 Å². The molecule has 0 spiro atoms. The van der Waals surface area contributed by atoms with Gasteiger partial charge in [-0.05, 0) is 12.5 Å². The zero-order valence-electron chi connectivity index (χ0n) is 7.77. The predicted octanol–water partition coefficient (Wildman–Crippen LogP) is 2.03. The number of hydrogen-bond donors (Lipinski definition) is 0. The number of hydrogen-bond acceptors (Lipinski definition) is 1. The van der Waals surface area contributed by atoms with Crippen LogP contribution >= 0.6 is 0 Å². The van der Waals surface area contributed by atoms with Crippen LogP contribution in [0, 0.1) is 6.92 Å². The third-order valence-electron chi connectivity index (χ3n) is 2.31. The second kappa shape index (κ2) is 3.61. The van der Waals surface area contributed by atoms with Gasteiger partial charge in [0.05, 0.1) is 5.94 Å². The van der Waals surface area contributed by atoms with Gasteiger partial charge in [0.15, 0.2) is 7.28 Å². The third-order valence-corrected chi connectivity index (χ3v) is 2.31. The van der Waals surface area contributed by atoms with Gasteiger partial charge < -0.3 is 0 Å². The fourth-order valence-corrected chi connectivity index (χ4v) is 1.49. The molecule has 0 aromatic heterocycles. The average Bonchev–Trinajstić information content (AvgIpc) is 2.20. The van der Waals surface area contributed by atoms with Crippen molar-refractivity contribution in [2.75, 3.05) is 0 Å². The Balaban J connectivity index is 2.21. The first-order chi connectivity index (χ1) is 6.36. The van der Waals surface area contributed by atoms with Crippen LogP contribution in [-0.2, 0) is 0 Å². The molecule has 1 heterocycles. The zero-order valence-corrected chi connectivity index (χ0v) is 7.77. The fraction of sp³-hybridized carbons (Fsp3) is 0.182. The second-order valence-electron chi connectivity index (χ2n) is 3.39. The summed E-state index contributed by atoms with van der Waals surface area (Å²) in [7, 11) is 1.03. The van der Waals surface area contributed by atoms with Crippen molar-refractivity contribution in [2.24, 2.45) is 4.99 Å². The number of rotatable bonds is 1. The van der Waals surface area contributed by atoms with Gasteiger partial charge in [0.1, 0.15) is 0 Å². The third kappa shape index (κ3) is 1.89. The van der Waals surface area contributed by atoms with E-state index in [-0.39, 0.29) is 0 Å². The molecule has 0 aliphatic carbocycles. The molecule has 1 unspecified atom stereocenters. The van der Waals surface area contributed by atoms with Crippen LogP contribution in [0.4, 0.5) is 0 Å². The van der Waals surface area contributed by atoms with Gasteiger partial charge in [-0.2, -0.15) is 0 Å².